The van der Waals surface area contributed by atoms with Crippen LogP contribution in [0, 0.1) is 13.8 Å². The van der Waals surface area contributed by atoms with Crippen molar-refractivity contribution in [3.8, 4) is 0 Å². The SMILES string of the molecule is CCN1C(=O)CCC12CCCN(Cc1sc(C)nc1C)CC2. The Labute approximate surface area is 137 Å². The first kappa shape index (κ1) is 15.9. The molecule has 1 unspecified atom stereocenters. The van der Waals surface area contributed by atoms with Crippen LogP contribution >= 0.6 is 11.3 Å². The van der Waals surface area contributed by atoms with E-state index in [0.29, 0.717) is 5.91 Å². The molecule has 3 heterocycles. The van der Waals surface area contributed by atoms with Gasteiger partial charge in [0.15, 0.2) is 0 Å². The number of carbonyl (C=O) groups is 1. The third kappa shape index (κ3) is 2.93. The Bertz CT molecular complexity index is 556. The summed E-state index contributed by atoms with van der Waals surface area (Å²) in [4.78, 5) is 22.8. The lowest BCUT2D eigenvalue weighted by Gasteiger charge is -2.37. The summed E-state index contributed by atoms with van der Waals surface area (Å²) in [6.45, 7) is 10.5. The number of nitrogens with zero attached hydrogens (tertiary/aromatic N) is 3. The zero-order chi connectivity index (χ0) is 15.7. The third-order valence-corrected chi connectivity index (χ3v) is 6.43. The van der Waals surface area contributed by atoms with E-state index in [1.807, 2.05) is 11.3 Å². The molecule has 2 aliphatic heterocycles. The van der Waals surface area contributed by atoms with E-state index >= 15 is 0 Å². The summed E-state index contributed by atoms with van der Waals surface area (Å²) in [6.07, 6.45) is 5.31. The van der Waals surface area contributed by atoms with Crippen molar-refractivity contribution < 1.29 is 4.79 Å². The average molecular weight is 321 g/mol. The van der Waals surface area contributed by atoms with E-state index in [0.717, 1.165) is 50.4 Å². The second kappa shape index (κ2) is 6.28. The molecule has 0 radical (unpaired) electrons. The monoisotopic (exact) mass is 321 g/mol. The Hall–Kier alpha value is -0.940. The molecule has 2 fully saturated rings. The fourth-order valence-electron chi connectivity index (χ4n) is 4.22. The molecule has 122 valence electrons. The largest absolute Gasteiger partial charge is 0.337 e. The molecule has 0 bridgehead atoms. The fraction of sp³-hybridized carbons (Fsp3) is 0.765. The molecule has 0 N–H and O–H groups in total. The van der Waals surface area contributed by atoms with Gasteiger partial charge in [0.05, 0.1) is 10.7 Å². The van der Waals surface area contributed by atoms with Crippen LogP contribution in [0.15, 0.2) is 0 Å². The molecular weight excluding hydrogens is 294 g/mol. The first-order chi connectivity index (χ1) is 10.5. The molecule has 0 aliphatic carbocycles. The number of thiazole rings is 1. The van der Waals surface area contributed by atoms with E-state index in [1.165, 1.54) is 23.4 Å². The van der Waals surface area contributed by atoms with Crippen molar-refractivity contribution in [2.45, 2.75) is 65.0 Å². The smallest absolute Gasteiger partial charge is 0.223 e. The minimum Gasteiger partial charge on any atom is -0.337 e. The number of hydrogen-bond acceptors (Lipinski definition) is 4. The first-order valence-corrected chi connectivity index (χ1v) is 9.31. The van der Waals surface area contributed by atoms with Gasteiger partial charge in [0.25, 0.3) is 0 Å². The van der Waals surface area contributed by atoms with Crippen LogP contribution in [0.4, 0.5) is 0 Å². The van der Waals surface area contributed by atoms with Crippen LogP contribution in [-0.4, -0.2) is 45.9 Å². The number of carbonyl (C=O) groups excluding carboxylic acids is 1. The van der Waals surface area contributed by atoms with E-state index in [9.17, 15) is 4.79 Å². The number of amides is 1. The van der Waals surface area contributed by atoms with Gasteiger partial charge < -0.3 is 4.90 Å². The van der Waals surface area contributed by atoms with Crippen LogP contribution in [0.25, 0.3) is 0 Å². The van der Waals surface area contributed by atoms with Crippen molar-refractivity contribution in [2.75, 3.05) is 19.6 Å². The Morgan fingerprint density at radius 2 is 2.05 bits per heavy atom. The zero-order valence-corrected chi connectivity index (χ0v) is 14.8. The summed E-state index contributed by atoms with van der Waals surface area (Å²) in [6, 6.07) is 0. The maximum absolute atomic E-state index is 12.1. The Morgan fingerprint density at radius 3 is 2.73 bits per heavy atom. The van der Waals surface area contributed by atoms with Gasteiger partial charge in [-0.1, -0.05) is 0 Å². The predicted octanol–water partition coefficient (Wildman–Crippen LogP) is 3.13. The molecule has 1 spiro atoms. The minimum atomic E-state index is 0.152. The molecule has 3 rings (SSSR count). The highest BCUT2D eigenvalue weighted by atomic mass is 32.1. The van der Waals surface area contributed by atoms with E-state index in [4.69, 9.17) is 0 Å². The molecule has 4 nitrogen and oxygen atoms in total. The molecule has 0 saturated carbocycles. The Morgan fingerprint density at radius 1 is 1.23 bits per heavy atom. The summed E-state index contributed by atoms with van der Waals surface area (Å²) in [5.74, 6) is 0.366. The van der Waals surface area contributed by atoms with E-state index < -0.39 is 0 Å². The van der Waals surface area contributed by atoms with Gasteiger partial charge in [0.1, 0.15) is 0 Å². The van der Waals surface area contributed by atoms with Crippen LogP contribution < -0.4 is 0 Å². The van der Waals surface area contributed by atoms with Crippen molar-refractivity contribution in [3.05, 3.63) is 15.6 Å². The van der Waals surface area contributed by atoms with Crippen molar-refractivity contribution in [1.29, 1.82) is 0 Å². The maximum atomic E-state index is 12.1. The highest BCUT2D eigenvalue weighted by Gasteiger charge is 2.44. The second-order valence-electron chi connectivity index (χ2n) is 6.73. The zero-order valence-electron chi connectivity index (χ0n) is 14.0. The topological polar surface area (TPSA) is 36.4 Å². The van der Waals surface area contributed by atoms with Crippen LogP contribution in [0.2, 0.25) is 0 Å². The lowest BCUT2D eigenvalue weighted by atomic mass is 9.88. The summed E-state index contributed by atoms with van der Waals surface area (Å²) >= 11 is 1.83. The molecule has 2 aliphatic rings. The number of aryl methyl sites for hydroxylation is 2. The van der Waals surface area contributed by atoms with Gasteiger partial charge in [0, 0.05) is 36.5 Å². The summed E-state index contributed by atoms with van der Waals surface area (Å²) in [5.41, 5.74) is 1.34. The van der Waals surface area contributed by atoms with Gasteiger partial charge in [-0.2, -0.15) is 0 Å². The molecule has 5 heteroatoms. The quantitative estimate of drug-likeness (QED) is 0.858. The maximum Gasteiger partial charge on any atom is 0.223 e. The molecule has 22 heavy (non-hydrogen) atoms. The van der Waals surface area contributed by atoms with Crippen molar-refractivity contribution in [2.24, 2.45) is 0 Å². The standard InChI is InChI=1S/C17H27N3OS/c1-4-20-16(21)6-8-17(20)7-5-10-19(11-9-17)12-15-13(2)18-14(3)22-15/h4-12H2,1-3H3. The normalized spacial score (nSPS) is 26.9. The van der Waals surface area contributed by atoms with Gasteiger partial charge in [-0.3, -0.25) is 9.69 Å². The number of rotatable bonds is 3. The van der Waals surface area contributed by atoms with Crippen molar-refractivity contribution in [1.82, 2.24) is 14.8 Å². The van der Waals surface area contributed by atoms with Gasteiger partial charge in [-0.05, 0) is 53.0 Å². The lowest BCUT2D eigenvalue weighted by molar-refractivity contribution is -0.131. The number of hydrogen-bond donors (Lipinski definition) is 0. The lowest BCUT2D eigenvalue weighted by Crippen LogP contribution is -2.46. The van der Waals surface area contributed by atoms with Crippen molar-refractivity contribution in [3.63, 3.8) is 0 Å². The Balaban J connectivity index is 1.67. The van der Waals surface area contributed by atoms with Gasteiger partial charge in [-0.25, -0.2) is 4.98 Å². The molecule has 1 aromatic rings. The molecular formula is C17H27N3OS. The minimum absolute atomic E-state index is 0.152. The van der Waals surface area contributed by atoms with Crippen molar-refractivity contribution >= 4 is 17.2 Å². The highest BCUT2D eigenvalue weighted by Crippen LogP contribution is 2.39. The van der Waals surface area contributed by atoms with Gasteiger partial charge >= 0.3 is 0 Å². The van der Waals surface area contributed by atoms with Crippen LogP contribution in [0.5, 0.6) is 0 Å². The van der Waals surface area contributed by atoms with Gasteiger partial charge in [0.2, 0.25) is 5.91 Å². The molecule has 1 aromatic heterocycles. The summed E-state index contributed by atoms with van der Waals surface area (Å²) < 4.78 is 0. The number of aromatic nitrogens is 1. The number of likely N-dealkylation sites (tertiary alicyclic amines) is 2. The molecule has 1 atom stereocenters. The third-order valence-electron chi connectivity index (χ3n) is 5.37. The predicted molar refractivity (Wildman–Crippen MR) is 90.1 cm³/mol. The Kier molecular flexibility index (Phi) is 4.55. The van der Waals surface area contributed by atoms with E-state index in [2.05, 4.69) is 35.6 Å². The van der Waals surface area contributed by atoms with Crippen LogP contribution in [0.3, 0.4) is 0 Å². The summed E-state index contributed by atoms with van der Waals surface area (Å²) in [7, 11) is 0. The highest BCUT2D eigenvalue weighted by molar-refractivity contribution is 7.11. The van der Waals surface area contributed by atoms with Crippen LogP contribution in [0.1, 0.15) is 54.6 Å². The van der Waals surface area contributed by atoms with Gasteiger partial charge in [-0.15, -0.1) is 11.3 Å². The second-order valence-corrected chi connectivity index (χ2v) is 8.02. The van der Waals surface area contributed by atoms with E-state index in [-0.39, 0.29) is 5.54 Å². The molecule has 0 aromatic carbocycles. The van der Waals surface area contributed by atoms with Crippen LogP contribution in [-0.2, 0) is 11.3 Å². The first-order valence-electron chi connectivity index (χ1n) is 8.50. The summed E-state index contributed by atoms with van der Waals surface area (Å²) in [5, 5.41) is 1.16. The average Bonchev–Trinajstić information content (AvgIpc) is 2.86. The fourth-order valence-corrected chi connectivity index (χ4v) is 5.20. The van der Waals surface area contributed by atoms with E-state index in [1.54, 1.807) is 0 Å². The molecule has 1 amide bonds. The molecule has 2 saturated heterocycles.